The quantitative estimate of drug-likeness (QED) is 0.819. The number of carbonyl (C=O) groups is 1. The van der Waals surface area contributed by atoms with Crippen LogP contribution in [-0.2, 0) is 4.79 Å². The van der Waals surface area contributed by atoms with Crippen LogP contribution in [0.25, 0.3) is 5.78 Å². The Bertz CT molecular complexity index is 566. The van der Waals surface area contributed by atoms with Gasteiger partial charge in [-0.15, -0.1) is 0 Å². The predicted octanol–water partition coefficient (Wildman–Crippen LogP) is 0.955. The van der Waals surface area contributed by atoms with Crippen LogP contribution >= 0.6 is 0 Å². The normalized spacial score (nSPS) is 12.6. The number of aryl methyl sites for hydroxylation is 1. The van der Waals surface area contributed by atoms with E-state index in [0.29, 0.717) is 18.7 Å². The molecule has 2 N–H and O–H groups in total. The molecule has 7 heteroatoms. The molecule has 7 nitrogen and oxygen atoms in total. The molecule has 0 aliphatic carbocycles. The zero-order chi connectivity index (χ0) is 13.1. The number of carboxylic acid groups (broad SMARTS) is 1. The lowest BCUT2D eigenvalue weighted by atomic mass is 10.1. The van der Waals surface area contributed by atoms with Crippen molar-refractivity contribution in [2.24, 2.45) is 5.92 Å². The smallest absolute Gasteiger partial charge is 0.306 e. The lowest BCUT2D eigenvalue weighted by molar-refractivity contribution is -0.141. The summed E-state index contributed by atoms with van der Waals surface area (Å²) in [7, 11) is 0. The van der Waals surface area contributed by atoms with Crippen molar-refractivity contribution >= 4 is 17.6 Å². The zero-order valence-corrected chi connectivity index (χ0v) is 10.3. The summed E-state index contributed by atoms with van der Waals surface area (Å²) >= 11 is 0. The van der Waals surface area contributed by atoms with Crippen molar-refractivity contribution in [1.82, 2.24) is 19.6 Å². The summed E-state index contributed by atoms with van der Waals surface area (Å²) in [5, 5.41) is 16.0. The summed E-state index contributed by atoms with van der Waals surface area (Å²) in [6.07, 6.45) is 1.99. The van der Waals surface area contributed by atoms with E-state index in [4.69, 9.17) is 5.11 Å². The largest absolute Gasteiger partial charge is 0.481 e. The molecule has 0 fully saturated rings. The molecule has 96 valence electrons. The van der Waals surface area contributed by atoms with Crippen LogP contribution in [0.1, 0.15) is 19.0 Å². The second-order valence-electron chi connectivity index (χ2n) is 4.21. The van der Waals surface area contributed by atoms with Gasteiger partial charge in [-0.3, -0.25) is 4.79 Å². The number of carboxylic acids is 1. The van der Waals surface area contributed by atoms with Gasteiger partial charge in [0, 0.05) is 18.3 Å². The first-order valence-electron chi connectivity index (χ1n) is 5.72. The fourth-order valence-electron chi connectivity index (χ4n) is 1.60. The molecular formula is C11H15N5O2. The summed E-state index contributed by atoms with van der Waals surface area (Å²) in [4.78, 5) is 18.9. The third kappa shape index (κ3) is 2.55. The second kappa shape index (κ2) is 4.99. The van der Waals surface area contributed by atoms with E-state index in [1.807, 2.05) is 13.0 Å². The van der Waals surface area contributed by atoms with E-state index in [2.05, 4.69) is 20.4 Å². The van der Waals surface area contributed by atoms with E-state index < -0.39 is 5.97 Å². The van der Waals surface area contributed by atoms with E-state index in [1.165, 1.54) is 6.33 Å². The molecule has 0 saturated heterocycles. The van der Waals surface area contributed by atoms with Gasteiger partial charge in [0.15, 0.2) is 0 Å². The van der Waals surface area contributed by atoms with Crippen molar-refractivity contribution in [3.63, 3.8) is 0 Å². The van der Waals surface area contributed by atoms with E-state index in [0.717, 1.165) is 11.5 Å². The van der Waals surface area contributed by atoms with Gasteiger partial charge in [-0.2, -0.15) is 14.6 Å². The Morgan fingerprint density at radius 2 is 2.39 bits per heavy atom. The van der Waals surface area contributed by atoms with Gasteiger partial charge in [-0.25, -0.2) is 4.98 Å². The van der Waals surface area contributed by atoms with Gasteiger partial charge in [-0.05, 0) is 13.3 Å². The molecular weight excluding hydrogens is 234 g/mol. The SMILES string of the molecule is Cc1cc(NCCC(C)C(=O)O)n2ncnc2n1. The highest BCUT2D eigenvalue weighted by molar-refractivity contribution is 5.69. The third-order valence-corrected chi connectivity index (χ3v) is 2.68. The number of aromatic nitrogens is 4. The molecule has 0 aliphatic rings. The summed E-state index contributed by atoms with van der Waals surface area (Å²) in [5.74, 6) is 0.150. The van der Waals surface area contributed by atoms with E-state index in [-0.39, 0.29) is 5.92 Å². The highest BCUT2D eigenvalue weighted by atomic mass is 16.4. The number of nitrogens with zero attached hydrogens (tertiary/aromatic N) is 4. The van der Waals surface area contributed by atoms with Crippen LogP contribution in [0.4, 0.5) is 5.82 Å². The van der Waals surface area contributed by atoms with Crippen molar-refractivity contribution in [2.45, 2.75) is 20.3 Å². The highest BCUT2D eigenvalue weighted by Crippen LogP contribution is 2.11. The maximum Gasteiger partial charge on any atom is 0.306 e. The first kappa shape index (κ1) is 12.3. The number of fused-ring (bicyclic) bond motifs is 1. The molecule has 2 aromatic rings. The fraction of sp³-hybridized carbons (Fsp3) is 0.455. The Kier molecular flexibility index (Phi) is 3.40. The van der Waals surface area contributed by atoms with E-state index in [1.54, 1.807) is 11.4 Å². The second-order valence-corrected chi connectivity index (χ2v) is 4.21. The summed E-state index contributed by atoms with van der Waals surface area (Å²) in [6.45, 7) is 4.12. The minimum absolute atomic E-state index is 0.369. The maximum absolute atomic E-state index is 10.7. The van der Waals surface area contributed by atoms with Gasteiger partial charge in [-0.1, -0.05) is 6.92 Å². The minimum Gasteiger partial charge on any atom is -0.481 e. The molecule has 18 heavy (non-hydrogen) atoms. The lowest BCUT2D eigenvalue weighted by Gasteiger charge is -2.10. The number of anilines is 1. The monoisotopic (exact) mass is 249 g/mol. The van der Waals surface area contributed by atoms with Crippen LogP contribution in [0, 0.1) is 12.8 Å². The Labute approximate surface area is 104 Å². The highest BCUT2D eigenvalue weighted by Gasteiger charge is 2.11. The van der Waals surface area contributed by atoms with E-state index in [9.17, 15) is 4.79 Å². The molecule has 1 unspecified atom stereocenters. The fourth-order valence-corrected chi connectivity index (χ4v) is 1.60. The first-order chi connectivity index (χ1) is 8.58. The van der Waals surface area contributed by atoms with Crippen molar-refractivity contribution in [2.75, 3.05) is 11.9 Å². The zero-order valence-electron chi connectivity index (χ0n) is 10.3. The first-order valence-corrected chi connectivity index (χ1v) is 5.72. The summed E-state index contributed by atoms with van der Waals surface area (Å²) < 4.78 is 1.60. The van der Waals surface area contributed by atoms with Crippen molar-refractivity contribution in [3.8, 4) is 0 Å². The average molecular weight is 249 g/mol. The molecule has 0 aromatic carbocycles. The van der Waals surface area contributed by atoms with Crippen molar-refractivity contribution < 1.29 is 9.90 Å². The molecule has 0 amide bonds. The number of rotatable bonds is 5. The number of nitrogens with one attached hydrogen (secondary N) is 1. The summed E-state index contributed by atoms with van der Waals surface area (Å²) in [6, 6.07) is 1.85. The molecule has 0 aliphatic heterocycles. The van der Waals surface area contributed by atoms with Gasteiger partial charge in [0.25, 0.3) is 5.78 Å². The van der Waals surface area contributed by atoms with Gasteiger partial charge in [0.2, 0.25) is 0 Å². The maximum atomic E-state index is 10.7. The van der Waals surface area contributed by atoms with Crippen LogP contribution in [-0.4, -0.2) is 37.2 Å². The van der Waals surface area contributed by atoms with Crippen LogP contribution in [0.2, 0.25) is 0 Å². The van der Waals surface area contributed by atoms with Gasteiger partial charge in [0.05, 0.1) is 5.92 Å². The van der Waals surface area contributed by atoms with Crippen molar-refractivity contribution in [1.29, 1.82) is 0 Å². The van der Waals surface area contributed by atoms with E-state index >= 15 is 0 Å². The molecule has 0 bridgehead atoms. The number of hydrogen-bond acceptors (Lipinski definition) is 5. The lowest BCUT2D eigenvalue weighted by Crippen LogP contribution is -2.16. The predicted molar refractivity (Wildman–Crippen MR) is 65.4 cm³/mol. The van der Waals surface area contributed by atoms with Crippen LogP contribution in [0.15, 0.2) is 12.4 Å². The molecule has 2 rings (SSSR count). The summed E-state index contributed by atoms with van der Waals surface area (Å²) in [5.41, 5.74) is 0.837. The third-order valence-electron chi connectivity index (χ3n) is 2.68. The Balaban J connectivity index is 2.07. The number of aliphatic carboxylic acids is 1. The topological polar surface area (TPSA) is 92.4 Å². The molecule has 0 saturated carbocycles. The van der Waals surface area contributed by atoms with Gasteiger partial charge < -0.3 is 10.4 Å². The Morgan fingerprint density at radius 3 is 3.11 bits per heavy atom. The molecule has 2 aromatic heterocycles. The van der Waals surface area contributed by atoms with Crippen molar-refractivity contribution in [3.05, 3.63) is 18.1 Å². The molecule has 2 heterocycles. The molecule has 0 radical (unpaired) electrons. The van der Waals surface area contributed by atoms with Crippen LogP contribution in [0.5, 0.6) is 0 Å². The standard InChI is InChI=1S/C11H15N5O2/c1-7(10(17)18)3-4-12-9-5-8(2)15-11-13-6-14-16(9)11/h5-7,12H,3-4H2,1-2H3,(H,17,18). The molecule has 0 spiro atoms. The Hall–Kier alpha value is -2.18. The number of hydrogen-bond donors (Lipinski definition) is 2. The van der Waals surface area contributed by atoms with Gasteiger partial charge in [0.1, 0.15) is 12.1 Å². The average Bonchev–Trinajstić information content (AvgIpc) is 2.76. The van der Waals surface area contributed by atoms with Gasteiger partial charge >= 0.3 is 5.97 Å². The Morgan fingerprint density at radius 1 is 1.61 bits per heavy atom. The molecule has 1 atom stereocenters. The van der Waals surface area contributed by atoms with Crippen LogP contribution < -0.4 is 5.32 Å². The minimum atomic E-state index is -0.784. The van der Waals surface area contributed by atoms with Crippen LogP contribution in [0.3, 0.4) is 0 Å².